The van der Waals surface area contributed by atoms with Crippen LogP contribution in [0.5, 0.6) is 0 Å². The van der Waals surface area contributed by atoms with Gasteiger partial charge in [-0.2, -0.15) is 0 Å². The van der Waals surface area contributed by atoms with Gasteiger partial charge in [-0.25, -0.2) is 0 Å². The molecule has 2 fully saturated rings. The quantitative estimate of drug-likeness (QED) is 0.397. The summed E-state index contributed by atoms with van der Waals surface area (Å²) in [4.78, 5) is 9.49. The molecule has 4 heterocycles. The number of nitrogens with zero attached hydrogens (tertiary/aromatic N) is 4. The van der Waals surface area contributed by atoms with Gasteiger partial charge >= 0.3 is 0 Å². The maximum atomic E-state index is 6.64. The van der Waals surface area contributed by atoms with Crippen molar-refractivity contribution >= 4 is 40.5 Å². The van der Waals surface area contributed by atoms with Gasteiger partial charge in [-0.15, -0.1) is 0 Å². The lowest BCUT2D eigenvalue weighted by molar-refractivity contribution is 0.0365. The molecule has 5 rings (SSSR count). The number of aromatic nitrogens is 2. The first-order valence-corrected chi connectivity index (χ1v) is 13.5. The van der Waals surface area contributed by atoms with Crippen LogP contribution in [-0.2, 0) is 4.74 Å². The number of hydrogen-bond acceptors (Lipinski definition) is 4. The van der Waals surface area contributed by atoms with Crippen molar-refractivity contribution in [3.8, 4) is 5.69 Å². The number of thiocarbonyl (C=S) groups is 1. The molecular weight excluding hydrogens is 513 g/mol. The fourth-order valence-electron chi connectivity index (χ4n) is 5.40. The number of morpholine rings is 1. The predicted octanol–water partition coefficient (Wildman–Crippen LogP) is 5.49. The van der Waals surface area contributed by atoms with E-state index in [2.05, 4.69) is 50.6 Å². The van der Waals surface area contributed by atoms with E-state index in [4.69, 9.17) is 40.2 Å². The Morgan fingerprint density at radius 2 is 1.89 bits per heavy atom. The molecule has 0 radical (unpaired) electrons. The van der Waals surface area contributed by atoms with E-state index in [0.717, 1.165) is 73.7 Å². The van der Waals surface area contributed by atoms with Crippen molar-refractivity contribution in [2.45, 2.75) is 32.4 Å². The molecule has 1 aromatic carbocycles. The summed E-state index contributed by atoms with van der Waals surface area (Å²) in [6.07, 6.45) is 2.86. The third kappa shape index (κ3) is 5.00. The molecule has 2 atom stereocenters. The van der Waals surface area contributed by atoms with Gasteiger partial charge in [0.2, 0.25) is 0 Å². The van der Waals surface area contributed by atoms with Gasteiger partial charge < -0.3 is 19.5 Å². The number of hydrogen-bond donors (Lipinski definition) is 1. The first-order valence-electron chi connectivity index (χ1n) is 12.4. The van der Waals surface area contributed by atoms with E-state index >= 15 is 0 Å². The molecule has 2 aromatic heterocycles. The second-order valence-corrected chi connectivity index (χ2v) is 10.5. The highest BCUT2D eigenvalue weighted by Crippen LogP contribution is 2.42. The van der Waals surface area contributed by atoms with Crippen molar-refractivity contribution < 1.29 is 4.74 Å². The monoisotopic (exact) mass is 543 g/mol. The van der Waals surface area contributed by atoms with Crippen molar-refractivity contribution in [3.63, 3.8) is 0 Å². The number of halogens is 2. The highest BCUT2D eigenvalue weighted by Gasteiger charge is 2.41. The molecule has 2 saturated heterocycles. The van der Waals surface area contributed by atoms with E-state index in [1.165, 1.54) is 5.56 Å². The summed E-state index contributed by atoms with van der Waals surface area (Å²) in [5.74, 6) is 0. The summed E-state index contributed by atoms with van der Waals surface area (Å²) < 4.78 is 7.69. The highest BCUT2D eigenvalue weighted by atomic mass is 35.5. The molecule has 0 saturated carbocycles. The zero-order valence-electron chi connectivity index (χ0n) is 20.6. The molecule has 6 nitrogen and oxygen atoms in total. The van der Waals surface area contributed by atoms with Crippen LogP contribution in [-0.4, -0.2) is 63.9 Å². The van der Waals surface area contributed by atoms with E-state index in [1.54, 1.807) is 0 Å². The van der Waals surface area contributed by atoms with Gasteiger partial charge in [-0.1, -0.05) is 35.3 Å². The maximum absolute atomic E-state index is 6.64. The summed E-state index contributed by atoms with van der Waals surface area (Å²) >= 11 is 18.9. The second-order valence-electron chi connectivity index (χ2n) is 9.36. The minimum atomic E-state index is -0.0501. The third-order valence-corrected chi connectivity index (χ3v) is 8.30. The largest absolute Gasteiger partial charge is 0.379 e. The van der Waals surface area contributed by atoms with Crippen molar-refractivity contribution in [2.75, 3.05) is 39.4 Å². The molecule has 0 unspecified atom stereocenters. The minimum absolute atomic E-state index is 0.00926. The van der Waals surface area contributed by atoms with E-state index in [1.807, 2.05) is 36.5 Å². The van der Waals surface area contributed by atoms with Gasteiger partial charge in [-0.05, 0) is 68.4 Å². The number of nitrogens with one attached hydrogen (secondary N) is 1. The van der Waals surface area contributed by atoms with Crippen LogP contribution in [0.15, 0.2) is 48.7 Å². The molecule has 2 aliphatic heterocycles. The van der Waals surface area contributed by atoms with Gasteiger partial charge in [0.25, 0.3) is 0 Å². The average Bonchev–Trinajstić information content (AvgIpc) is 3.37. The smallest absolute Gasteiger partial charge is 0.170 e. The van der Waals surface area contributed by atoms with Gasteiger partial charge in [0.05, 0.1) is 46.7 Å². The Morgan fingerprint density at radius 3 is 2.64 bits per heavy atom. The third-order valence-electron chi connectivity index (χ3n) is 7.14. The van der Waals surface area contributed by atoms with Crippen LogP contribution in [0.1, 0.15) is 41.1 Å². The van der Waals surface area contributed by atoms with Crippen molar-refractivity contribution in [3.05, 3.63) is 81.4 Å². The lowest BCUT2D eigenvalue weighted by Gasteiger charge is -2.30. The first kappa shape index (κ1) is 25.5. The van der Waals surface area contributed by atoms with E-state index in [-0.39, 0.29) is 12.1 Å². The van der Waals surface area contributed by atoms with Crippen molar-refractivity contribution in [1.82, 2.24) is 24.7 Å². The van der Waals surface area contributed by atoms with Crippen LogP contribution >= 0.6 is 35.4 Å². The Kier molecular flexibility index (Phi) is 7.84. The summed E-state index contributed by atoms with van der Waals surface area (Å²) in [7, 11) is 0. The van der Waals surface area contributed by atoms with Gasteiger partial charge in [0.15, 0.2) is 5.11 Å². The summed E-state index contributed by atoms with van der Waals surface area (Å²) in [5, 5.41) is 5.44. The SMILES string of the molecule is Cc1cc([C@H]2[C@@H](c3ccccn3)NC(=S)N2CCCN2CCOCC2)c(C)n1-c1cccc(Cl)c1Cl. The molecule has 9 heteroatoms. The normalized spacial score (nSPS) is 20.7. The number of pyridine rings is 1. The predicted molar refractivity (Wildman–Crippen MR) is 149 cm³/mol. The molecule has 1 N–H and O–H groups in total. The molecule has 36 heavy (non-hydrogen) atoms. The van der Waals surface area contributed by atoms with Crippen LogP contribution in [0.3, 0.4) is 0 Å². The van der Waals surface area contributed by atoms with Crippen molar-refractivity contribution in [2.24, 2.45) is 0 Å². The van der Waals surface area contributed by atoms with Crippen LogP contribution in [0.25, 0.3) is 5.69 Å². The van der Waals surface area contributed by atoms with Crippen LogP contribution in [0.4, 0.5) is 0 Å². The highest BCUT2D eigenvalue weighted by molar-refractivity contribution is 7.80. The molecule has 0 spiro atoms. The lowest BCUT2D eigenvalue weighted by atomic mass is 9.96. The number of benzene rings is 1. The van der Waals surface area contributed by atoms with Crippen LogP contribution in [0, 0.1) is 13.8 Å². The van der Waals surface area contributed by atoms with Crippen LogP contribution in [0.2, 0.25) is 10.0 Å². The maximum Gasteiger partial charge on any atom is 0.170 e. The van der Waals surface area contributed by atoms with E-state index < -0.39 is 0 Å². The first-order chi connectivity index (χ1) is 17.5. The lowest BCUT2D eigenvalue weighted by Crippen LogP contribution is -2.39. The fraction of sp³-hybridized carbons (Fsp3) is 0.407. The van der Waals surface area contributed by atoms with Crippen LogP contribution < -0.4 is 5.32 Å². The topological polar surface area (TPSA) is 45.6 Å². The number of rotatable bonds is 7. The zero-order valence-corrected chi connectivity index (χ0v) is 22.9. The van der Waals surface area contributed by atoms with E-state index in [9.17, 15) is 0 Å². The number of ether oxygens (including phenoxy) is 1. The summed E-state index contributed by atoms with van der Waals surface area (Å²) in [5.41, 5.74) is 5.28. The molecule has 0 amide bonds. The molecule has 0 bridgehead atoms. The van der Waals surface area contributed by atoms with Gasteiger partial charge in [-0.3, -0.25) is 9.88 Å². The average molecular weight is 545 g/mol. The zero-order chi connectivity index (χ0) is 25.2. The minimum Gasteiger partial charge on any atom is -0.379 e. The molecule has 3 aromatic rings. The fourth-order valence-corrected chi connectivity index (χ4v) is 6.11. The van der Waals surface area contributed by atoms with E-state index in [0.29, 0.717) is 10.0 Å². The van der Waals surface area contributed by atoms with Gasteiger partial charge in [0.1, 0.15) is 0 Å². The molecule has 190 valence electrons. The molecular formula is C27H31Cl2N5OS. The summed E-state index contributed by atoms with van der Waals surface area (Å²) in [6.45, 7) is 9.74. The Labute approximate surface area is 228 Å². The Hall–Kier alpha value is -2.16. The number of aryl methyl sites for hydroxylation is 1. The Balaban J connectivity index is 1.50. The second kappa shape index (κ2) is 11.1. The standard InChI is InChI=1S/C27H31Cl2N5OS/c1-18-17-20(19(2)34(18)23-9-5-7-21(28)24(23)29)26-25(22-8-3-4-10-30-22)31-27(36)33(26)12-6-11-32-13-15-35-16-14-32/h3-5,7-10,17,25-26H,6,11-16H2,1-2H3,(H,31,36)/t25-,26+/m1/s1. The Morgan fingerprint density at radius 1 is 1.08 bits per heavy atom. The molecule has 2 aliphatic rings. The molecule has 0 aliphatic carbocycles. The van der Waals surface area contributed by atoms with Crippen molar-refractivity contribution in [1.29, 1.82) is 0 Å². The van der Waals surface area contributed by atoms with Gasteiger partial charge in [0, 0.05) is 43.8 Å². The summed E-state index contributed by atoms with van der Waals surface area (Å²) in [6, 6.07) is 14.0. The Bertz CT molecular complexity index is 1230.